The molecule has 0 aromatic heterocycles. The quantitative estimate of drug-likeness (QED) is 0.410. The van der Waals surface area contributed by atoms with Crippen molar-refractivity contribution in [1.82, 2.24) is 9.80 Å². The zero-order valence-electron chi connectivity index (χ0n) is 22.4. The maximum atomic E-state index is 14.0. The van der Waals surface area contributed by atoms with E-state index < -0.39 is 18.0 Å². The molecule has 1 heterocycles. The van der Waals surface area contributed by atoms with Crippen LogP contribution in [0.25, 0.3) is 0 Å². The molecule has 6 nitrogen and oxygen atoms in total. The van der Waals surface area contributed by atoms with Gasteiger partial charge in [-0.25, -0.2) is 0 Å². The molecule has 1 aliphatic carbocycles. The number of hydrogen-bond acceptors (Lipinski definition) is 4. The number of piperidine rings is 1. The van der Waals surface area contributed by atoms with Gasteiger partial charge in [-0.1, -0.05) is 23.7 Å². The first-order valence-electron chi connectivity index (χ1n) is 13.1. The third-order valence-electron chi connectivity index (χ3n) is 8.01. The average molecular weight is 567 g/mol. The first kappa shape index (κ1) is 29.1. The summed E-state index contributed by atoms with van der Waals surface area (Å²) in [5.74, 6) is -2.41. The molecule has 2 aromatic rings. The van der Waals surface area contributed by atoms with Gasteiger partial charge in [0.2, 0.25) is 5.91 Å². The SMILES string of the molecule is COc1cccc(C(C(=O)N2CCC3(CCC(Oc4ccc(C(=O)N(C)C)c(Cl)c4)CC3)CC2)C(F)(F)F)c1. The smallest absolute Gasteiger partial charge is 0.404 e. The molecular weight excluding hydrogens is 533 g/mol. The Kier molecular flexibility index (Phi) is 8.69. The van der Waals surface area contributed by atoms with Gasteiger partial charge in [0.05, 0.1) is 23.8 Å². The van der Waals surface area contributed by atoms with E-state index in [0.717, 1.165) is 25.7 Å². The summed E-state index contributed by atoms with van der Waals surface area (Å²) in [5.41, 5.74) is 0.307. The summed E-state index contributed by atoms with van der Waals surface area (Å²) in [6.07, 6.45) is -0.00805. The minimum atomic E-state index is -4.70. The average Bonchev–Trinajstić information content (AvgIpc) is 2.89. The van der Waals surface area contributed by atoms with Crippen LogP contribution in [0.5, 0.6) is 11.5 Å². The van der Waals surface area contributed by atoms with Crippen LogP contribution < -0.4 is 9.47 Å². The third kappa shape index (κ3) is 6.62. The Morgan fingerprint density at radius 3 is 2.26 bits per heavy atom. The molecule has 1 unspecified atom stereocenters. The van der Waals surface area contributed by atoms with Gasteiger partial charge in [0.1, 0.15) is 11.5 Å². The standard InChI is InChI=1S/C29H34ClF3N2O4/c1-34(2)26(36)23-8-7-22(18-24(23)30)39-20-9-11-28(12-10-20)13-15-35(16-14-28)27(37)25(29(31,32)33)19-5-4-6-21(17-19)38-3/h4-8,17-18,20,25H,9-16H2,1-3H3. The molecule has 10 heteroatoms. The number of nitrogens with zero attached hydrogens (tertiary/aromatic N) is 2. The monoisotopic (exact) mass is 566 g/mol. The van der Waals surface area contributed by atoms with E-state index in [1.807, 2.05) is 0 Å². The summed E-state index contributed by atoms with van der Waals surface area (Å²) in [5, 5.41) is 0.335. The molecule has 1 saturated heterocycles. The number of rotatable bonds is 6. The lowest BCUT2D eigenvalue weighted by atomic mass is 9.67. The predicted molar refractivity (Wildman–Crippen MR) is 142 cm³/mol. The highest BCUT2D eigenvalue weighted by Gasteiger charge is 2.49. The summed E-state index contributed by atoms with van der Waals surface area (Å²) in [7, 11) is 4.71. The number of alkyl halides is 3. The van der Waals surface area contributed by atoms with Crippen molar-refractivity contribution in [2.24, 2.45) is 5.41 Å². The normalized spacial score (nSPS) is 18.5. The van der Waals surface area contributed by atoms with Gasteiger partial charge in [-0.3, -0.25) is 9.59 Å². The van der Waals surface area contributed by atoms with Gasteiger partial charge in [0, 0.05) is 27.2 Å². The summed E-state index contributed by atoms with van der Waals surface area (Å²) in [6, 6.07) is 10.7. The minimum absolute atomic E-state index is 0.0000312. The number of hydrogen-bond donors (Lipinski definition) is 0. The van der Waals surface area contributed by atoms with E-state index in [4.69, 9.17) is 21.1 Å². The van der Waals surface area contributed by atoms with Crippen LogP contribution >= 0.6 is 11.6 Å². The Morgan fingerprint density at radius 1 is 1.03 bits per heavy atom. The molecule has 2 aliphatic rings. The zero-order valence-corrected chi connectivity index (χ0v) is 23.1. The molecule has 0 N–H and O–H groups in total. The number of halogens is 4. The lowest BCUT2D eigenvalue weighted by Gasteiger charge is -2.46. The number of ether oxygens (including phenoxy) is 2. The number of carbonyl (C=O) groups excluding carboxylic acids is 2. The Labute approximate surface area is 232 Å². The molecule has 39 heavy (non-hydrogen) atoms. The van der Waals surface area contributed by atoms with Gasteiger partial charge >= 0.3 is 6.18 Å². The largest absolute Gasteiger partial charge is 0.497 e. The fourth-order valence-electron chi connectivity index (χ4n) is 5.67. The zero-order chi connectivity index (χ0) is 28.4. The Morgan fingerprint density at radius 2 is 1.69 bits per heavy atom. The summed E-state index contributed by atoms with van der Waals surface area (Å²) < 4.78 is 53.2. The Balaban J connectivity index is 1.34. The van der Waals surface area contributed by atoms with E-state index in [0.29, 0.717) is 42.3 Å². The van der Waals surface area contributed by atoms with Crippen molar-refractivity contribution in [3.63, 3.8) is 0 Å². The van der Waals surface area contributed by atoms with Gasteiger partial charge in [0.15, 0.2) is 5.92 Å². The van der Waals surface area contributed by atoms with Crippen LogP contribution in [0.15, 0.2) is 42.5 Å². The van der Waals surface area contributed by atoms with E-state index in [1.165, 1.54) is 35.1 Å². The van der Waals surface area contributed by atoms with Crippen molar-refractivity contribution < 1.29 is 32.2 Å². The predicted octanol–water partition coefficient (Wildman–Crippen LogP) is 6.33. The van der Waals surface area contributed by atoms with Gasteiger partial charge in [0.25, 0.3) is 5.91 Å². The summed E-state index contributed by atoms with van der Waals surface area (Å²) >= 11 is 6.31. The van der Waals surface area contributed by atoms with E-state index in [9.17, 15) is 22.8 Å². The van der Waals surface area contributed by atoms with Gasteiger partial charge in [-0.2, -0.15) is 13.2 Å². The van der Waals surface area contributed by atoms with Crippen molar-refractivity contribution in [1.29, 1.82) is 0 Å². The van der Waals surface area contributed by atoms with Crippen LogP contribution in [-0.4, -0.2) is 68.2 Å². The van der Waals surface area contributed by atoms with Crippen molar-refractivity contribution in [2.45, 2.75) is 56.7 Å². The lowest BCUT2D eigenvalue weighted by Crippen LogP contribution is -2.48. The van der Waals surface area contributed by atoms with E-state index in [-0.39, 0.29) is 28.7 Å². The Hall–Kier alpha value is -2.94. The van der Waals surface area contributed by atoms with Gasteiger partial charge in [-0.05, 0) is 79.8 Å². The molecule has 1 spiro atoms. The van der Waals surface area contributed by atoms with Gasteiger partial charge in [-0.15, -0.1) is 0 Å². The summed E-state index contributed by atoms with van der Waals surface area (Å²) in [4.78, 5) is 28.1. The van der Waals surface area contributed by atoms with Crippen molar-refractivity contribution in [3.8, 4) is 11.5 Å². The Bertz CT molecular complexity index is 1190. The minimum Gasteiger partial charge on any atom is -0.497 e. The molecule has 1 saturated carbocycles. The second kappa shape index (κ2) is 11.7. The molecule has 0 radical (unpaired) electrons. The number of likely N-dealkylation sites (tertiary alicyclic amines) is 1. The highest BCUT2D eigenvalue weighted by atomic mass is 35.5. The van der Waals surface area contributed by atoms with Crippen LogP contribution in [0, 0.1) is 5.41 Å². The van der Waals surface area contributed by atoms with Gasteiger partial charge < -0.3 is 19.3 Å². The highest BCUT2D eigenvalue weighted by molar-refractivity contribution is 6.34. The lowest BCUT2D eigenvalue weighted by molar-refractivity contribution is -0.173. The molecule has 4 rings (SSSR count). The molecule has 212 valence electrons. The fourth-order valence-corrected chi connectivity index (χ4v) is 5.93. The summed E-state index contributed by atoms with van der Waals surface area (Å²) in [6.45, 7) is 0.607. The van der Waals surface area contributed by atoms with Crippen LogP contribution in [0.4, 0.5) is 13.2 Å². The van der Waals surface area contributed by atoms with Crippen LogP contribution in [0.3, 0.4) is 0 Å². The third-order valence-corrected chi connectivity index (χ3v) is 8.32. The first-order valence-corrected chi connectivity index (χ1v) is 13.5. The second-order valence-electron chi connectivity index (χ2n) is 10.7. The van der Waals surface area contributed by atoms with Crippen molar-refractivity contribution >= 4 is 23.4 Å². The van der Waals surface area contributed by atoms with E-state index in [1.54, 1.807) is 38.4 Å². The molecular formula is C29H34ClF3N2O4. The number of carbonyl (C=O) groups is 2. The molecule has 1 aliphatic heterocycles. The van der Waals surface area contributed by atoms with E-state index >= 15 is 0 Å². The van der Waals surface area contributed by atoms with Crippen molar-refractivity contribution in [3.05, 3.63) is 58.6 Å². The molecule has 0 bridgehead atoms. The van der Waals surface area contributed by atoms with E-state index in [2.05, 4.69) is 0 Å². The molecule has 2 fully saturated rings. The topological polar surface area (TPSA) is 59.1 Å². The van der Waals surface area contributed by atoms with Crippen LogP contribution in [0.1, 0.15) is 60.4 Å². The number of methoxy groups -OCH3 is 1. The fraction of sp³-hybridized carbons (Fsp3) is 0.517. The first-order chi connectivity index (χ1) is 18.4. The maximum Gasteiger partial charge on any atom is 0.404 e. The van der Waals surface area contributed by atoms with Crippen LogP contribution in [0.2, 0.25) is 5.02 Å². The molecule has 2 amide bonds. The highest BCUT2D eigenvalue weighted by Crippen LogP contribution is 2.46. The maximum absolute atomic E-state index is 14.0. The number of amides is 2. The molecule has 1 atom stereocenters. The van der Waals surface area contributed by atoms with Crippen LogP contribution in [-0.2, 0) is 4.79 Å². The second-order valence-corrected chi connectivity index (χ2v) is 11.1. The molecule has 2 aromatic carbocycles. The van der Waals surface area contributed by atoms with Crippen molar-refractivity contribution in [2.75, 3.05) is 34.3 Å². The number of benzene rings is 2.